The number of nitrogens with zero attached hydrogens (tertiary/aromatic N) is 3. The van der Waals surface area contributed by atoms with Crippen LogP contribution in [-0.4, -0.2) is 7.05 Å². The van der Waals surface area contributed by atoms with Crippen molar-refractivity contribution in [2.75, 3.05) is 16.6 Å². The molecule has 150 valence electrons. The number of benzene rings is 3. The third kappa shape index (κ3) is 2.36. The van der Waals surface area contributed by atoms with E-state index in [0.717, 1.165) is 41.2 Å². The number of para-hydroxylation sites is 2. The Morgan fingerprint density at radius 2 is 1.55 bits per heavy atom. The summed E-state index contributed by atoms with van der Waals surface area (Å²) in [4.78, 5) is 2.15. The Kier molecular flexibility index (Phi) is 4.02. The van der Waals surface area contributed by atoms with Gasteiger partial charge in [0.25, 0.3) is 0 Å². The summed E-state index contributed by atoms with van der Waals surface area (Å²) in [6.07, 6.45) is -0.535. The predicted molar refractivity (Wildman–Crippen MR) is 132 cm³/mol. The van der Waals surface area contributed by atoms with Crippen molar-refractivity contribution < 1.29 is 0 Å². The fourth-order valence-corrected chi connectivity index (χ4v) is 9.89. The Labute approximate surface area is 187 Å². The third-order valence-electron chi connectivity index (χ3n) is 6.54. The maximum Gasteiger partial charge on any atom is 0.136 e. The molecule has 0 saturated heterocycles. The minimum absolute atomic E-state index is 0.734. The van der Waals surface area contributed by atoms with Crippen LogP contribution >= 0.6 is 6.19 Å². The second-order valence-electron chi connectivity index (χ2n) is 8.06. The fourth-order valence-electron chi connectivity index (χ4n) is 5.19. The summed E-state index contributed by atoms with van der Waals surface area (Å²) >= 11 is 6.72. The quantitative estimate of drug-likeness (QED) is 0.452. The van der Waals surface area contributed by atoms with Crippen LogP contribution < -0.4 is 14.9 Å². The Balaban J connectivity index is 1.77. The molecule has 2 heterocycles. The lowest BCUT2D eigenvalue weighted by molar-refractivity contribution is 0.952. The molecule has 5 heteroatoms. The minimum atomic E-state index is -2.38. The van der Waals surface area contributed by atoms with Gasteiger partial charge in [-0.3, -0.25) is 4.67 Å². The van der Waals surface area contributed by atoms with E-state index >= 15 is 0 Å². The molecule has 0 radical (unpaired) electrons. The molecule has 0 amide bonds. The van der Waals surface area contributed by atoms with E-state index in [0.29, 0.717) is 0 Å². The second-order valence-corrected chi connectivity index (χ2v) is 12.3. The molecule has 3 aromatic rings. The largest absolute Gasteiger partial charge is 0.328 e. The van der Waals surface area contributed by atoms with Crippen LogP contribution in [0, 0.1) is 11.3 Å². The number of fused-ring (bicyclic) bond motifs is 5. The monoisotopic (exact) mass is 437 g/mol. The molecule has 1 atom stereocenters. The number of allylic oxidation sites excluding steroid dienone is 3. The highest BCUT2D eigenvalue weighted by Gasteiger charge is 2.48. The van der Waals surface area contributed by atoms with Gasteiger partial charge in [-0.2, -0.15) is 5.26 Å². The lowest BCUT2D eigenvalue weighted by Gasteiger charge is -2.44. The van der Waals surface area contributed by atoms with E-state index in [-0.39, 0.29) is 0 Å². The Hall–Kier alpha value is -3.12. The number of rotatable bonds is 1. The van der Waals surface area contributed by atoms with Crippen molar-refractivity contribution in [3.8, 4) is 6.07 Å². The van der Waals surface area contributed by atoms with Gasteiger partial charge in [0.15, 0.2) is 0 Å². The number of aryl methyl sites for hydroxylation is 1. The lowest BCUT2D eigenvalue weighted by Crippen LogP contribution is -2.34. The van der Waals surface area contributed by atoms with Gasteiger partial charge in [0.2, 0.25) is 0 Å². The smallest absolute Gasteiger partial charge is 0.136 e. The molecule has 31 heavy (non-hydrogen) atoms. The molecular formula is C26H20N3PS. The average Bonchev–Trinajstić information content (AvgIpc) is 3.13. The molecule has 3 aliphatic rings. The van der Waals surface area contributed by atoms with Gasteiger partial charge in [-0.15, -0.1) is 0 Å². The van der Waals surface area contributed by atoms with Crippen LogP contribution in [0.15, 0.2) is 95.6 Å². The molecule has 2 aliphatic heterocycles. The topological polar surface area (TPSA) is 30.3 Å². The normalized spacial score (nSPS) is 21.3. The molecule has 1 aliphatic carbocycles. The van der Waals surface area contributed by atoms with Crippen LogP contribution in [0.2, 0.25) is 0 Å². The van der Waals surface area contributed by atoms with Crippen LogP contribution in [0.5, 0.6) is 0 Å². The van der Waals surface area contributed by atoms with Crippen molar-refractivity contribution in [1.82, 2.24) is 0 Å². The minimum Gasteiger partial charge on any atom is -0.328 e. The molecule has 6 rings (SSSR count). The van der Waals surface area contributed by atoms with Gasteiger partial charge in [0.05, 0.1) is 17.6 Å². The molecule has 0 aromatic heterocycles. The maximum atomic E-state index is 10.4. The first kappa shape index (κ1) is 18.6. The summed E-state index contributed by atoms with van der Waals surface area (Å²) in [6, 6.07) is 30.0. The number of hydrogen-bond acceptors (Lipinski definition) is 3. The predicted octanol–water partition coefficient (Wildman–Crippen LogP) is 5.77. The van der Waals surface area contributed by atoms with E-state index in [1.807, 2.05) is 6.07 Å². The number of anilines is 2. The van der Waals surface area contributed by atoms with Crippen LogP contribution in [-0.2, 0) is 18.2 Å². The van der Waals surface area contributed by atoms with Gasteiger partial charge in [0, 0.05) is 17.9 Å². The molecular weight excluding hydrogens is 417 g/mol. The van der Waals surface area contributed by atoms with Crippen molar-refractivity contribution in [2.45, 2.75) is 12.8 Å². The third-order valence-corrected chi connectivity index (χ3v) is 11.5. The summed E-state index contributed by atoms with van der Waals surface area (Å²) in [5.41, 5.74) is 6.48. The van der Waals surface area contributed by atoms with E-state index < -0.39 is 6.19 Å². The van der Waals surface area contributed by atoms with E-state index in [1.165, 1.54) is 21.7 Å². The SMILES string of the molecule is CN1C2=C(C#N)C3=C(CCc4ccccc43)[P@](=S)(c3ccccc3)N2c2ccccc21. The molecule has 0 bridgehead atoms. The van der Waals surface area contributed by atoms with Crippen molar-refractivity contribution in [2.24, 2.45) is 0 Å². The van der Waals surface area contributed by atoms with E-state index in [2.05, 4.69) is 95.5 Å². The molecule has 3 aromatic carbocycles. The van der Waals surface area contributed by atoms with Crippen LogP contribution in [0.1, 0.15) is 17.5 Å². The van der Waals surface area contributed by atoms with Crippen molar-refractivity contribution in [1.29, 1.82) is 5.26 Å². The molecule has 0 N–H and O–H groups in total. The molecule has 0 fully saturated rings. The van der Waals surface area contributed by atoms with Crippen LogP contribution in [0.3, 0.4) is 0 Å². The van der Waals surface area contributed by atoms with E-state index in [1.54, 1.807) is 0 Å². The summed E-state index contributed by atoms with van der Waals surface area (Å²) < 4.78 is 2.33. The standard InChI is InChI=1S/C26H20N3PS/c1-28-22-13-7-8-14-23(22)29-26(28)21(17-27)25-20-12-6-5-9-18(20)15-16-24(25)30(29,31)19-10-3-2-4-11-19/h2-14H,15-16H2,1H3/t30-/m1/s1. The first-order valence-electron chi connectivity index (χ1n) is 10.4. The lowest BCUT2D eigenvalue weighted by atomic mass is 9.86. The van der Waals surface area contributed by atoms with E-state index in [9.17, 15) is 5.26 Å². The van der Waals surface area contributed by atoms with Crippen LogP contribution in [0.25, 0.3) is 5.57 Å². The van der Waals surface area contributed by atoms with Crippen molar-refractivity contribution in [3.05, 3.63) is 107 Å². The van der Waals surface area contributed by atoms with Gasteiger partial charge >= 0.3 is 0 Å². The second kappa shape index (κ2) is 6.69. The van der Waals surface area contributed by atoms with Gasteiger partial charge in [-0.25, -0.2) is 0 Å². The van der Waals surface area contributed by atoms with Gasteiger partial charge < -0.3 is 4.90 Å². The highest BCUT2D eigenvalue weighted by molar-refractivity contribution is 8.21. The Bertz CT molecular complexity index is 1400. The van der Waals surface area contributed by atoms with Crippen molar-refractivity contribution in [3.63, 3.8) is 0 Å². The number of hydrogen-bond donors (Lipinski definition) is 0. The average molecular weight is 438 g/mol. The number of nitriles is 1. The zero-order valence-corrected chi connectivity index (χ0v) is 18.8. The first-order valence-corrected chi connectivity index (χ1v) is 13.2. The first-order chi connectivity index (χ1) is 15.2. The van der Waals surface area contributed by atoms with E-state index in [4.69, 9.17) is 11.8 Å². The summed E-state index contributed by atoms with van der Waals surface area (Å²) in [5, 5.41) is 12.9. The summed E-state index contributed by atoms with van der Waals surface area (Å²) in [7, 11) is 2.05. The van der Waals surface area contributed by atoms with Crippen LogP contribution in [0.4, 0.5) is 11.4 Å². The van der Waals surface area contributed by atoms with Gasteiger partial charge in [-0.1, -0.05) is 78.5 Å². The zero-order chi connectivity index (χ0) is 21.2. The highest BCUT2D eigenvalue weighted by atomic mass is 32.4. The summed E-state index contributed by atoms with van der Waals surface area (Å²) in [5.74, 6) is 0.923. The maximum absolute atomic E-state index is 10.4. The zero-order valence-electron chi connectivity index (χ0n) is 17.1. The summed E-state index contributed by atoms with van der Waals surface area (Å²) in [6.45, 7) is 0. The molecule has 0 spiro atoms. The highest BCUT2D eigenvalue weighted by Crippen LogP contribution is 2.70. The van der Waals surface area contributed by atoms with Gasteiger partial charge in [0.1, 0.15) is 17.5 Å². The molecule has 0 saturated carbocycles. The molecule has 0 unspecified atom stereocenters. The van der Waals surface area contributed by atoms with Crippen molar-refractivity contribution >= 4 is 40.2 Å². The Morgan fingerprint density at radius 3 is 2.32 bits per heavy atom. The fraction of sp³-hybridized carbons (Fsp3) is 0.115. The Morgan fingerprint density at radius 1 is 0.871 bits per heavy atom. The molecule has 3 nitrogen and oxygen atoms in total. The van der Waals surface area contributed by atoms with Gasteiger partial charge in [-0.05, 0) is 41.4 Å².